The molecule has 1 spiro atoms. The van der Waals surface area contributed by atoms with E-state index in [0.717, 1.165) is 29.3 Å². The molecule has 3 rings (SSSR count). The number of carbonyl (C=O) groups excluding carboxylic acids is 2. The molecule has 2 aliphatic heterocycles. The van der Waals surface area contributed by atoms with Gasteiger partial charge < -0.3 is 4.90 Å². The van der Waals surface area contributed by atoms with Crippen LogP contribution in [0.15, 0.2) is 18.2 Å². The SMILES string of the molecule is CCCCN1C(=O)C(C(C)C)NC12CCN(S(=O)(=O)C(=O)c1ccc(F)cc1F)CC2. The first-order valence-corrected chi connectivity index (χ1v) is 12.1. The van der Waals surface area contributed by atoms with Gasteiger partial charge in [-0.2, -0.15) is 4.31 Å². The summed E-state index contributed by atoms with van der Waals surface area (Å²) >= 11 is 0. The van der Waals surface area contributed by atoms with Gasteiger partial charge in [0.15, 0.2) is 0 Å². The number of halogens is 2. The fourth-order valence-electron chi connectivity index (χ4n) is 4.32. The van der Waals surface area contributed by atoms with E-state index in [9.17, 15) is 26.8 Å². The van der Waals surface area contributed by atoms with E-state index in [1.807, 2.05) is 25.7 Å². The van der Waals surface area contributed by atoms with E-state index in [0.29, 0.717) is 25.5 Å². The van der Waals surface area contributed by atoms with E-state index in [1.165, 1.54) is 0 Å². The van der Waals surface area contributed by atoms with Gasteiger partial charge in [-0.3, -0.25) is 14.9 Å². The van der Waals surface area contributed by atoms with Crippen LogP contribution in [-0.2, 0) is 14.8 Å². The van der Waals surface area contributed by atoms with Crippen molar-refractivity contribution in [2.24, 2.45) is 5.92 Å². The summed E-state index contributed by atoms with van der Waals surface area (Å²) in [5.74, 6) is -2.00. The van der Waals surface area contributed by atoms with Gasteiger partial charge in [-0.15, -0.1) is 0 Å². The lowest BCUT2D eigenvalue weighted by molar-refractivity contribution is -0.133. The highest BCUT2D eigenvalue weighted by Crippen LogP contribution is 2.35. The van der Waals surface area contributed by atoms with Crippen molar-refractivity contribution in [3.63, 3.8) is 0 Å². The van der Waals surface area contributed by atoms with Crippen molar-refractivity contribution >= 4 is 21.0 Å². The maximum absolute atomic E-state index is 14.0. The predicted molar refractivity (Wildman–Crippen MR) is 112 cm³/mol. The van der Waals surface area contributed by atoms with Crippen LogP contribution in [0.2, 0.25) is 0 Å². The number of piperidine rings is 1. The molecule has 0 saturated carbocycles. The fourth-order valence-corrected chi connectivity index (χ4v) is 5.66. The number of carbonyl (C=O) groups is 2. The van der Waals surface area contributed by atoms with Gasteiger partial charge in [0.25, 0.3) is 15.1 Å². The molecule has 0 bridgehead atoms. The number of benzene rings is 1. The van der Waals surface area contributed by atoms with Crippen LogP contribution in [0, 0.1) is 17.6 Å². The van der Waals surface area contributed by atoms with Crippen LogP contribution in [-0.4, -0.2) is 60.0 Å². The molecular weight excluding hydrogens is 428 g/mol. The van der Waals surface area contributed by atoms with Gasteiger partial charge in [-0.25, -0.2) is 17.2 Å². The molecule has 1 unspecified atom stereocenters. The van der Waals surface area contributed by atoms with Crippen LogP contribution >= 0.6 is 0 Å². The minimum Gasteiger partial charge on any atom is -0.323 e. The Labute approximate surface area is 181 Å². The summed E-state index contributed by atoms with van der Waals surface area (Å²) in [7, 11) is -4.47. The molecule has 1 N–H and O–H groups in total. The second-order valence-electron chi connectivity index (χ2n) is 8.56. The quantitative estimate of drug-likeness (QED) is 0.709. The zero-order chi connectivity index (χ0) is 23.0. The van der Waals surface area contributed by atoms with Crippen molar-refractivity contribution in [2.75, 3.05) is 19.6 Å². The molecule has 172 valence electrons. The standard InChI is InChI=1S/C21H29F2N3O4S/c1-4-5-10-26-19(27)18(14(2)3)24-21(26)8-11-25(12-9-21)31(29,30)20(28)16-7-6-15(22)13-17(16)23/h6-7,13-14,18,24H,4-5,8-12H2,1-3H3. The molecule has 2 saturated heterocycles. The zero-order valence-electron chi connectivity index (χ0n) is 18.0. The van der Waals surface area contributed by atoms with E-state index in [2.05, 4.69) is 5.32 Å². The van der Waals surface area contributed by atoms with Crippen LogP contribution in [0.1, 0.15) is 56.8 Å². The average Bonchev–Trinajstić information content (AvgIpc) is 2.98. The summed E-state index contributed by atoms with van der Waals surface area (Å²) in [6.45, 7) is 6.58. The van der Waals surface area contributed by atoms with E-state index < -0.39 is 38.0 Å². The number of amides is 1. The van der Waals surface area contributed by atoms with Gasteiger partial charge in [0.1, 0.15) is 11.6 Å². The summed E-state index contributed by atoms with van der Waals surface area (Å²) in [4.78, 5) is 27.3. The molecule has 0 radical (unpaired) electrons. The van der Waals surface area contributed by atoms with Gasteiger partial charge in [-0.05, 0) is 37.3 Å². The van der Waals surface area contributed by atoms with Crippen molar-refractivity contribution < 1.29 is 26.8 Å². The van der Waals surface area contributed by atoms with Crippen LogP contribution in [0.25, 0.3) is 0 Å². The van der Waals surface area contributed by atoms with E-state index in [1.54, 1.807) is 0 Å². The van der Waals surface area contributed by atoms with Crippen LogP contribution < -0.4 is 5.32 Å². The summed E-state index contributed by atoms with van der Waals surface area (Å²) in [5, 5.41) is 2.04. The third-order valence-corrected chi connectivity index (χ3v) is 7.88. The molecule has 1 atom stereocenters. The smallest absolute Gasteiger partial charge is 0.294 e. The number of hydrogen-bond acceptors (Lipinski definition) is 5. The zero-order valence-corrected chi connectivity index (χ0v) is 18.8. The Morgan fingerprint density at radius 1 is 1.26 bits per heavy atom. The maximum Gasteiger partial charge on any atom is 0.294 e. The lowest BCUT2D eigenvalue weighted by Crippen LogP contribution is -2.60. The van der Waals surface area contributed by atoms with Crippen molar-refractivity contribution in [1.82, 2.24) is 14.5 Å². The molecular formula is C21H29F2N3O4S. The molecule has 1 aromatic rings. The Balaban J connectivity index is 1.79. The summed E-state index contributed by atoms with van der Waals surface area (Å²) in [6, 6.07) is 1.84. The molecule has 2 aliphatic rings. The second-order valence-corrected chi connectivity index (χ2v) is 10.4. The van der Waals surface area contributed by atoms with Crippen molar-refractivity contribution in [1.29, 1.82) is 0 Å². The lowest BCUT2D eigenvalue weighted by Gasteiger charge is -2.44. The molecule has 1 amide bonds. The first-order chi connectivity index (χ1) is 14.5. The third-order valence-electron chi connectivity index (χ3n) is 6.15. The van der Waals surface area contributed by atoms with E-state index in [-0.39, 0.29) is 31.0 Å². The Kier molecular flexibility index (Phi) is 6.83. The summed E-state index contributed by atoms with van der Waals surface area (Å²) in [5.41, 5.74) is -1.34. The summed E-state index contributed by atoms with van der Waals surface area (Å²) in [6.07, 6.45) is 2.41. The topological polar surface area (TPSA) is 86.8 Å². The molecule has 31 heavy (non-hydrogen) atoms. The Morgan fingerprint density at radius 2 is 1.90 bits per heavy atom. The van der Waals surface area contributed by atoms with Gasteiger partial charge in [0.05, 0.1) is 17.3 Å². The molecule has 0 aliphatic carbocycles. The first-order valence-electron chi connectivity index (χ1n) is 10.6. The van der Waals surface area contributed by atoms with E-state index in [4.69, 9.17) is 0 Å². The maximum atomic E-state index is 14.0. The van der Waals surface area contributed by atoms with Crippen molar-refractivity contribution in [2.45, 2.75) is 58.2 Å². The number of rotatable bonds is 6. The summed E-state index contributed by atoms with van der Waals surface area (Å²) < 4.78 is 53.8. The van der Waals surface area contributed by atoms with Crippen molar-refractivity contribution in [3.05, 3.63) is 35.4 Å². The van der Waals surface area contributed by atoms with E-state index >= 15 is 0 Å². The minimum atomic E-state index is -4.47. The Bertz CT molecular complexity index is 959. The third kappa shape index (κ3) is 4.38. The van der Waals surface area contributed by atoms with Gasteiger partial charge in [0, 0.05) is 25.7 Å². The van der Waals surface area contributed by atoms with Crippen LogP contribution in [0.5, 0.6) is 0 Å². The Hall–Kier alpha value is -1.91. The first kappa shape index (κ1) is 23.7. The number of hydrogen-bond donors (Lipinski definition) is 1. The highest BCUT2D eigenvalue weighted by molar-refractivity contribution is 8.04. The molecule has 2 fully saturated rings. The number of nitrogens with one attached hydrogen (secondary N) is 1. The lowest BCUT2D eigenvalue weighted by atomic mass is 9.96. The van der Waals surface area contributed by atoms with Gasteiger partial charge in [0.2, 0.25) is 5.91 Å². The Morgan fingerprint density at radius 3 is 2.45 bits per heavy atom. The minimum absolute atomic E-state index is 0.0178. The largest absolute Gasteiger partial charge is 0.323 e. The number of sulfonamides is 1. The molecule has 1 aromatic carbocycles. The number of nitrogens with zero attached hydrogens (tertiary/aromatic N) is 2. The molecule has 0 aromatic heterocycles. The second kappa shape index (κ2) is 8.91. The molecule has 10 heteroatoms. The normalized spacial score (nSPS) is 21.9. The highest BCUT2D eigenvalue weighted by Gasteiger charge is 2.53. The fraction of sp³-hybridized carbons (Fsp3) is 0.619. The number of unbranched alkanes of at least 4 members (excludes halogenated alkanes) is 1. The van der Waals surface area contributed by atoms with Crippen LogP contribution in [0.4, 0.5) is 8.78 Å². The van der Waals surface area contributed by atoms with Gasteiger partial charge in [-0.1, -0.05) is 27.2 Å². The van der Waals surface area contributed by atoms with Crippen LogP contribution in [0.3, 0.4) is 0 Å². The highest BCUT2D eigenvalue weighted by atomic mass is 32.2. The monoisotopic (exact) mass is 457 g/mol. The predicted octanol–water partition coefficient (Wildman–Crippen LogP) is 2.48. The van der Waals surface area contributed by atoms with Gasteiger partial charge >= 0.3 is 0 Å². The average molecular weight is 458 g/mol. The van der Waals surface area contributed by atoms with Crippen molar-refractivity contribution in [3.8, 4) is 0 Å². The molecule has 7 nitrogen and oxygen atoms in total. The molecule has 2 heterocycles.